The highest BCUT2D eigenvalue weighted by Gasteiger charge is 2.21. The summed E-state index contributed by atoms with van der Waals surface area (Å²) >= 11 is 0. The summed E-state index contributed by atoms with van der Waals surface area (Å²) < 4.78 is 27.2. The zero-order chi connectivity index (χ0) is 25.2. The second-order valence-electron chi connectivity index (χ2n) is 8.01. The summed E-state index contributed by atoms with van der Waals surface area (Å²) in [5.74, 6) is 1.02. The van der Waals surface area contributed by atoms with Crippen molar-refractivity contribution < 1.29 is 33.3 Å². The van der Waals surface area contributed by atoms with Gasteiger partial charge in [0.2, 0.25) is 11.7 Å². The van der Waals surface area contributed by atoms with Gasteiger partial charge in [-0.15, -0.1) is 0 Å². The van der Waals surface area contributed by atoms with Crippen LogP contribution < -0.4 is 29.1 Å². The maximum Gasteiger partial charge on any atom is 0.343 e. The molecule has 0 aliphatic heterocycles. The molecule has 3 rings (SSSR count). The monoisotopic (exact) mass is 484 g/mol. The average Bonchev–Trinajstić information content (AvgIpc) is 2.89. The minimum Gasteiger partial charge on any atom is -0.493 e. The smallest absolute Gasteiger partial charge is 0.343 e. The SMILES string of the molecule is CCOc1cc(/C=N/NC(=O)C2CCCCC2)ccc1OC(=O)c1cc(OC)c(OC)c(OC)c1. The Morgan fingerprint density at radius 2 is 1.63 bits per heavy atom. The van der Waals surface area contributed by atoms with Gasteiger partial charge in [0.05, 0.1) is 39.7 Å². The number of rotatable bonds is 10. The van der Waals surface area contributed by atoms with Crippen molar-refractivity contribution >= 4 is 18.1 Å². The fourth-order valence-electron chi connectivity index (χ4n) is 3.94. The number of methoxy groups -OCH3 is 3. The molecule has 2 aromatic rings. The lowest BCUT2D eigenvalue weighted by atomic mass is 9.89. The van der Waals surface area contributed by atoms with Gasteiger partial charge in [0.15, 0.2) is 23.0 Å². The van der Waals surface area contributed by atoms with Crippen molar-refractivity contribution in [2.45, 2.75) is 39.0 Å². The van der Waals surface area contributed by atoms with E-state index in [-0.39, 0.29) is 23.1 Å². The van der Waals surface area contributed by atoms with E-state index in [4.69, 9.17) is 23.7 Å². The van der Waals surface area contributed by atoms with Crippen molar-refractivity contribution in [3.8, 4) is 28.7 Å². The third-order valence-corrected chi connectivity index (χ3v) is 5.74. The first kappa shape index (κ1) is 25.9. The third kappa shape index (κ3) is 6.65. The zero-order valence-electron chi connectivity index (χ0n) is 20.6. The molecule has 1 aliphatic carbocycles. The van der Waals surface area contributed by atoms with Crippen LogP contribution in [0.25, 0.3) is 0 Å². The van der Waals surface area contributed by atoms with E-state index in [0.29, 0.717) is 35.2 Å². The number of hydrogen-bond donors (Lipinski definition) is 1. The Morgan fingerprint density at radius 3 is 2.23 bits per heavy atom. The number of ether oxygens (including phenoxy) is 5. The Morgan fingerprint density at radius 1 is 0.943 bits per heavy atom. The predicted octanol–water partition coefficient (Wildman–Crippen LogP) is 4.36. The van der Waals surface area contributed by atoms with Gasteiger partial charge in [-0.1, -0.05) is 19.3 Å². The van der Waals surface area contributed by atoms with Gasteiger partial charge in [0.1, 0.15) is 0 Å². The van der Waals surface area contributed by atoms with Crippen molar-refractivity contribution in [3.05, 3.63) is 41.5 Å². The fourth-order valence-corrected chi connectivity index (χ4v) is 3.94. The molecule has 9 heteroatoms. The lowest BCUT2D eigenvalue weighted by Crippen LogP contribution is -2.28. The molecule has 1 N–H and O–H groups in total. The summed E-state index contributed by atoms with van der Waals surface area (Å²) in [6.45, 7) is 2.20. The van der Waals surface area contributed by atoms with E-state index in [1.807, 2.05) is 6.92 Å². The number of amides is 1. The number of nitrogens with one attached hydrogen (secondary N) is 1. The topological polar surface area (TPSA) is 105 Å². The van der Waals surface area contributed by atoms with Crippen molar-refractivity contribution in [2.24, 2.45) is 11.0 Å². The number of hydrazone groups is 1. The molecule has 35 heavy (non-hydrogen) atoms. The second kappa shape index (κ2) is 12.6. The highest BCUT2D eigenvalue weighted by Crippen LogP contribution is 2.39. The van der Waals surface area contributed by atoms with Crippen LogP contribution in [0.15, 0.2) is 35.4 Å². The van der Waals surface area contributed by atoms with Crippen LogP contribution >= 0.6 is 0 Å². The van der Waals surface area contributed by atoms with E-state index in [0.717, 1.165) is 25.7 Å². The molecule has 0 atom stereocenters. The van der Waals surface area contributed by atoms with Crippen LogP contribution in [0.4, 0.5) is 0 Å². The summed E-state index contributed by atoms with van der Waals surface area (Å²) in [5, 5.41) is 4.08. The van der Waals surface area contributed by atoms with Gasteiger partial charge < -0.3 is 23.7 Å². The molecule has 1 fully saturated rings. The van der Waals surface area contributed by atoms with Crippen LogP contribution in [-0.4, -0.2) is 46.0 Å². The van der Waals surface area contributed by atoms with Crippen LogP contribution in [0.2, 0.25) is 0 Å². The first-order valence-electron chi connectivity index (χ1n) is 11.6. The average molecular weight is 485 g/mol. The molecule has 0 unspecified atom stereocenters. The van der Waals surface area contributed by atoms with E-state index in [9.17, 15) is 9.59 Å². The predicted molar refractivity (Wildman–Crippen MR) is 131 cm³/mol. The molecule has 0 radical (unpaired) electrons. The van der Waals surface area contributed by atoms with Gasteiger partial charge in [-0.2, -0.15) is 5.10 Å². The van der Waals surface area contributed by atoms with Crippen molar-refractivity contribution in [1.29, 1.82) is 0 Å². The quantitative estimate of drug-likeness (QED) is 0.231. The minimum atomic E-state index is -0.619. The Bertz CT molecular complexity index is 1040. The molecule has 1 amide bonds. The zero-order valence-corrected chi connectivity index (χ0v) is 20.6. The van der Waals surface area contributed by atoms with E-state index >= 15 is 0 Å². The number of benzene rings is 2. The van der Waals surface area contributed by atoms with E-state index in [1.165, 1.54) is 46.1 Å². The van der Waals surface area contributed by atoms with Gasteiger partial charge in [-0.05, 0) is 55.7 Å². The molecule has 1 aliphatic rings. The van der Waals surface area contributed by atoms with Crippen LogP contribution in [0.5, 0.6) is 28.7 Å². The Kier molecular flexibility index (Phi) is 9.34. The van der Waals surface area contributed by atoms with Crippen LogP contribution in [0.1, 0.15) is 54.9 Å². The molecular formula is C26H32N2O7. The maximum atomic E-state index is 12.9. The third-order valence-electron chi connectivity index (χ3n) is 5.74. The Labute approximate surface area is 205 Å². The summed E-state index contributed by atoms with van der Waals surface area (Å²) in [7, 11) is 4.42. The number of esters is 1. The Balaban J connectivity index is 1.74. The van der Waals surface area contributed by atoms with E-state index < -0.39 is 5.97 Å². The summed E-state index contributed by atoms with van der Waals surface area (Å²) in [6.07, 6.45) is 6.69. The molecule has 2 aromatic carbocycles. The molecule has 9 nitrogen and oxygen atoms in total. The number of carbonyl (C=O) groups is 2. The fraction of sp³-hybridized carbons (Fsp3) is 0.423. The van der Waals surface area contributed by atoms with E-state index in [2.05, 4.69) is 10.5 Å². The molecular weight excluding hydrogens is 452 g/mol. The lowest BCUT2D eigenvalue weighted by molar-refractivity contribution is -0.125. The van der Waals surface area contributed by atoms with Gasteiger partial charge >= 0.3 is 5.97 Å². The Hall–Kier alpha value is -3.75. The van der Waals surface area contributed by atoms with Gasteiger partial charge in [-0.25, -0.2) is 10.2 Å². The second-order valence-corrected chi connectivity index (χ2v) is 8.01. The summed E-state index contributed by atoms with van der Waals surface area (Å²) in [5.41, 5.74) is 3.53. The number of nitrogens with zero attached hydrogens (tertiary/aromatic N) is 1. The summed E-state index contributed by atoms with van der Waals surface area (Å²) in [6, 6.07) is 8.06. The standard InChI is InChI=1S/C26H32N2O7/c1-5-34-21-13-17(16-27-28-25(29)18-9-7-6-8-10-18)11-12-20(21)35-26(30)19-14-22(31-2)24(33-4)23(15-19)32-3/h11-16,18H,5-10H2,1-4H3,(H,28,29)/b27-16+. The molecule has 0 saturated heterocycles. The molecule has 188 valence electrons. The highest BCUT2D eigenvalue weighted by molar-refractivity contribution is 5.93. The number of carbonyl (C=O) groups excluding carboxylic acids is 2. The van der Waals surface area contributed by atoms with Crippen molar-refractivity contribution in [1.82, 2.24) is 5.43 Å². The minimum absolute atomic E-state index is 0.0249. The highest BCUT2D eigenvalue weighted by atomic mass is 16.6. The lowest BCUT2D eigenvalue weighted by Gasteiger charge is -2.19. The van der Waals surface area contributed by atoms with Crippen LogP contribution in [-0.2, 0) is 4.79 Å². The normalized spacial score (nSPS) is 13.8. The molecule has 0 heterocycles. The number of hydrogen-bond acceptors (Lipinski definition) is 8. The molecule has 1 saturated carbocycles. The van der Waals surface area contributed by atoms with Crippen molar-refractivity contribution in [2.75, 3.05) is 27.9 Å². The maximum absolute atomic E-state index is 12.9. The molecule has 0 spiro atoms. The molecule has 0 bridgehead atoms. The summed E-state index contributed by atoms with van der Waals surface area (Å²) in [4.78, 5) is 25.2. The van der Waals surface area contributed by atoms with Gasteiger partial charge in [0, 0.05) is 5.92 Å². The first-order valence-corrected chi connectivity index (χ1v) is 11.6. The first-order chi connectivity index (χ1) is 17.0. The van der Waals surface area contributed by atoms with Crippen LogP contribution in [0, 0.1) is 5.92 Å². The van der Waals surface area contributed by atoms with Crippen molar-refractivity contribution in [3.63, 3.8) is 0 Å². The van der Waals surface area contributed by atoms with Gasteiger partial charge in [-0.3, -0.25) is 4.79 Å². The van der Waals surface area contributed by atoms with E-state index in [1.54, 1.807) is 18.2 Å². The molecule has 0 aromatic heterocycles. The largest absolute Gasteiger partial charge is 0.493 e. The van der Waals surface area contributed by atoms with Crippen LogP contribution in [0.3, 0.4) is 0 Å². The van der Waals surface area contributed by atoms with Gasteiger partial charge in [0.25, 0.3) is 0 Å².